The highest BCUT2D eigenvalue weighted by Crippen LogP contribution is 2.27. The summed E-state index contributed by atoms with van der Waals surface area (Å²) in [6.45, 7) is 3.53. The van der Waals surface area contributed by atoms with E-state index in [1.54, 1.807) is 5.71 Å². The fourth-order valence-electron chi connectivity index (χ4n) is 3.08. The zero-order chi connectivity index (χ0) is 12.8. The van der Waals surface area contributed by atoms with Crippen molar-refractivity contribution in [1.82, 2.24) is 0 Å². The molecule has 0 radical (unpaired) electrons. The molecule has 0 spiro atoms. The van der Waals surface area contributed by atoms with Crippen molar-refractivity contribution in [2.45, 2.75) is 51.4 Å². The average molecular weight is 244 g/mol. The van der Waals surface area contributed by atoms with Gasteiger partial charge in [-0.05, 0) is 12.0 Å². The Bertz CT molecular complexity index is 391. The first-order chi connectivity index (χ1) is 8.83. The summed E-state index contributed by atoms with van der Waals surface area (Å²) >= 11 is 0. The normalized spacial score (nSPS) is 17.2. The number of hydrogen-bond acceptors (Lipinski definition) is 0. The van der Waals surface area contributed by atoms with Gasteiger partial charge in [-0.3, -0.25) is 0 Å². The van der Waals surface area contributed by atoms with E-state index in [1.807, 2.05) is 0 Å². The zero-order valence-electron chi connectivity index (χ0n) is 11.9. The van der Waals surface area contributed by atoms with E-state index in [0.29, 0.717) is 5.92 Å². The van der Waals surface area contributed by atoms with Crippen LogP contribution in [-0.2, 0) is 0 Å². The van der Waals surface area contributed by atoms with Crippen molar-refractivity contribution < 1.29 is 4.58 Å². The summed E-state index contributed by atoms with van der Waals surface area (Å²) in [7, 11) is 2.26. The minimum Gasteiger partial charge on any atom is -0.239 e. The molecule has 0 bridgehead atoms. The van der Waals surface area contributed by atoms with Gasteiger partial charge in [-0.2, -0.15) is 0 Å². The van der Waals surface area contributed by atoms with E-state index in [9.17, 15) is 0 Å². The van der Waals surface area contributed by atoms with Gasteiger partial charge in [0.15, 0.2) is 5.71 Å². The molecule has 1 aliphatic heterocycles. The number of benzene rings is 1. The van der Waals surface area contributed by atoms with Gasteiger partial charge < -0.3 is 0 Å². The van der Waals surface area contributed by atoms with Crippen LogP contribution in [0.4, 0.5) is 0 Å². The van der Waals surface area contributed by atoms with Crippen LogP contribution in [0, 0.1) is 0 Å². The summed E-state index contributed by atoms with van der Waals surface area (Å²) in [5.41, 5.74) is 3.18. The average Bonchev–Trinajstić information content (AvgIpc) is 2.82. The Morgan fingerprint density at radius 1 is 1.17 bits per heavy atom. The summed E-state index contributed by atoms with van der Waals surface area (Å²) in [4.78, 5) is 0. The lowest BCUT2D eigenvalue weighted by Gasteiger charge is -2.15. The van der Waals surface area contributed by atoms with Crippen molar-refractivity contribution in [2.24, 2.45) is 0 Å². The molecule has 1 aromatic carbocycles. The lowest BCUT2D eigenvalue weighted by Crippen LogP contribution is -2.19. The van der Waals surface area contributed by atoms with Crippen LogP contribution in [0.5, 0.6) is 0 Å². The molecule has 0 aliphatic carbocycles. The molecule has 2 rings (SSSR count). The van der Waals surface area contributed by atoms with E-state index < -0.39 is 0 Å². The van der Waals surface area contributed by atoms with Gasteiger partial charge >= 0.3 is 0 Å². The summed E-state index contributed by atoms with van der Waals surface area (Å²) in [5.74, 6) is 0.658. The molecule has 1 heteroatoms. The van der Waals surface area contributed by atoms with Crippen LogP contribution in [0.1, 0.15) is 56.9 Å². The first-order valence-electron chi connectivity index (χ1n) is 7.44. The Morgan fingerprint density at radius 3 is 2.56 bits per heavy atom. The summed E-state index contributed by atoms with van der Waals surface area (Å²) in [6.07, 6.45) is 7.98. The highest BCUT2D eigenvalue weighted by Gasteiger charge is 2.28. The Hall–Kier alpha value is -1.11. The molecule has 1 atom stereocenters. The predicted molar refractivity (Wildman–Crippen MR) is 78.6 cm³/mol. The van der Waals surface area contributed by atoms with Crippen molar-refractivity contribution in [2.75, 3.05) is 13.6 Å². The van der Waals surface area contributed by atoms with Gasteiger partial charge in [-0.1, -0.05) is 56.5 Å². The van der Waals surface area contributed by atoms with Crippen molar-refractivity contribution in [1.29, 1.82) is 0 Å². The largest absolute Gasteiger partial charge is 0.239 e. The third-order valence-corrected chi connectivity index (χ3v) is 4.12. The van der Waals surface area contributed by atoms with Crippen LogP contribution in [0.2, 0.25) is 0 Å². The molecule has 1 aliphatic rings. The summed E-state index contributed by atoms with van der Waals surface area (Å²) < 4.78 is 2.49. The maximum absolute atomic E-state index is 2.49. The van der Waals surface area contributed by atoms with Gasteiger partial charge in [0.2, 0.25) is 0 Å². The number of nitrogens with zero attached hydrogens (tertiary/aromatic N) is 1. The lowest BCUT2D eigenvalue weighted by molar-refractivity contribution is -0.490. The molecular weight excluding hydrogens is 218 g/mol. The molecule has 0 saturated heterocycles. The van der Waals surface area contributed by atoms with Crippen LogP contribution in [0.3, 0.4) is 0 Å². The van der Waals surface area contributed by atoms with Crippen LogP contribution >= 0.6 is 0 Å². The Balaban J connectivity index is 2.15. The van der Waals surface area contributed by atoms with Crippen LogP contribution in [0.25, 0.3) is 0 Å². The second kappa shape index (κ2) is 6.72. The number of rotatable bonds is 6. The van der Waals surface area contributed by atoms with Gasteiger partial charge in [0.25, 0.3) is 0 Å². The van der Waals surface area contributed by atoms with E-state index in [1.165, 1.54) is 50.6 Å². The molecule has 0 fully saturated rings. The SMILES string of the molecule is CCCCCC(C1=[N+](C)CCC1)c1ccccc1. The van der Waals surface area contributed by atoms with Crippen LogP contribution < -0.4 is 0 Å². The first-order valence-corrected chi connectivity index (χ1v) is 7.44. The quantitative estimate of drug-likeness (QED) is 0.520. The molecule has 98 valence electrons. The van der Waals surface area contributed by atoms with Gasteiger partial charge in [0, 0.05) is 12.8 Å². The van der Waals surface area contributed by atoms with E-state index in [-0.39, 0.29) is 0 Å². The van der Waals surface area contributed by atoms with Crippen molar-refractivity contribution in [3.05, 3.63) is 35.9 Å². The maximum atomic E-state index is 2.49. The molecular formula is C17H26N+. The first kappa shape index (κ1) is 13.3. The van der Waals surface area contributed by atoms with Gasteiger partial charge in [-0.15, -0.1) is 0 Å². The van der Waals surface area contributed by atoms with Crippen molar-refractivity contribution in [3.8, 4) is 0 Å². The highest BCUT2D eigenvalue weighted by atomic mass is 15.0. The maximum Gasteiger partial charge on any atom is 0.159 e. The second-order valence-corrected chi connectivity index (χ2v) is 5.48. The molecule has 0 amide bonds. The van der Waals surface area contributed by atoms with Crippen molar-refractivity contribution in [3.63, 3.8) is 0 Å². The monoisotopic (exact) mass is 244 g/mol. The molecule has 1 unspecified atom stereocenters. The predicted octanol–water partition coefficient (Wildman–Crippen LogP) is 4.23. The molecule has 18 heavy (non-hydrogen) atoms. The van der Waals surface area contributed by atoms with E-state index in [0.717, 1.165) is 0 Å². The lowest BCUT2D eigenvalue weighted by atomic mass is 9.87. The molecule has 1 nitrogen and oxygen atoms in total. The van der Waals surface area contributed by atoms with Crippen LogP contribution in [0.15, 0.2) is 30.3 Å². The fraction of sp³-hybridized carbons (Fsp3) is 0.588. The Labute approximate surface area is 112 Å². The van der Waals surface area contributed by atoms with E-state index in [2.05, 4.69) is 48.9 Å². The minimum atomic E-state index is 0.658. The van der Waals surface area contributed by atoms with Crippen LogP contribution in [-0.4, -0.2) is 23.9 Å². The molecule has 0 N–H and O–H groups in total. The Kier molecular flexibility index (Phi) is 4.98. The molecule has 0 saturated carbocycles. The minimum absolute atomic E-state index is 0.658. The third kappa shape index (κ3) is 3.22. The molecule has 1 heterocycles. The third-order valence-electron chi connectivity index (χ3n) is 4.12. The highest BCUT2D eigenvalue weighted by molar-refractivity contribution is 5.87. The van der Waals surface area contributed by atoms with Gasteiger partial charge in [0.1, 0.15) is 13.6 Å². The number of hydrogen-bond donors (Lipinski definition) is 0. The molecule has 1 aromatic rings. The zero-order valence-corrected chi connectivity index (χ0v) is 11.9. The second-order valence-electron chi connectivity index (χ2n) is 5.48. The summed E-state index contributed by atoms with van der Waals surface area (Å²) in [6, 6.07) is 11.1. The Morgan fingerprint density at radius 2 is 1.94 bits per heavy atom. The standard InChI is InChI=1S/C17H26N/c1-3-4-6-12-16(15-10-7-5-8-11-15)17-13-9-14-18(17)2/h5,7-8,10-11,16H,3-4,6,9,12-14H2,1-2H3/q+1. The van der Waals surface area contributed by atoms with Gasteiger partial charge in [-0.25, -0.2) is 4.58 Å². The smallest absolute Gasteiger partial charge is 0.159 e. The van der Waals surface area contributed by atoms with E-state index in [4.69, 9.17) is 0 Å². The molecule has 0 aromatic heterocycles. The van der Waals surface area contributed by atoms with Gasteiger partial charge in [0.05, 0.1) is 5.92 Å². The summed E-state index contributed by atoms with van der Waals surface area (Å²) in [5, 5.41) is 0. The fourth-order valence-corrected chi connectivity index (χ4v) is 3.08. The van der Waals surface area contributed by atoms with Crippen molar-refractivity contribution >= 4 is 5.71 Å². The topological polar surface area (TPSA) is 3.01 Å². The van der Waals surface area contributed by atoms with E-state index >= 15 is 0 Å². The number of unbranched alkanes of at least 4 members (excludes halogenated alkanes) is 2.